The summed E-state index contributed by atoms with van der Waals surface area (Å²) in [4.78, 5) is 0. The molecule has 0 saturated heterocycles. The van der Waals surface area contributed by atoms with Crippen molar-refractivity contribution in [2.45, 2.75) is 26.3 Å². The zero-order valence-electron chi connectivity index (χ0n) is 12.5. The van der Waals surface area contributed by atoms with Crippen LogP contribution in [0.2, 0.25) is 0 Å². The third-order valence-corrected chi connectivity index (χ3v) is 2.52. The van der Waals surface area contributed by atoms with Crippen LogP contribution in [0.5, 0.6) is 0 Å². The van der Waals surface area contributed by atoms with E-state index in [1.807, 2.05) is 20.8 Å². The van der Waals surface area contributed by atoms with Gasteiger partial charge in [0.1, 0.15) is 0 Å². The molecular weight excluding hydrogens is 337 g/mol. The molecule has 0 aliphatic carbocycles. The first-order valence-electron chi connectivity index (χ1n) is 6.23. The second-order valence-corrected chi connectivity index (χ2v) is 5.57. The van der Waals surface area contributed by atoms with Gasteiger partial charge in [-0.15, -0.1) is 45.3 Å². The van der Waals surface area contributed by atoms with Gasteiger partial charge in [-0.25, -0.2) is 0 Å². The van der Waals surface area contributed by atoms with Crippen LogP contribution in [0, 0.1) is 0 Å². The Labute approximate surface area is 154 Å². The van der Waals surface area contributed by atoms with Crippen LogP contribution >= 0.6 is 0 Å². The molecule has 0 aromatic heterocycles. The van der Waals surface area contributed by atoms with E-state index in [4.69, 9.17) is 5.73 Å². The first kappa shape index (κ1) is 22.8. The molecule has 0 atom stereocenters. The maximum Gasteiger partial charge on any atom is 4.00 e. The summed E-state index contributed by atoms with van der Waals surface area (Å²) in [6.07, 6.45) is 0. The Morgan fingerprint density at radius 1 is 0.762 bits per heavy atom. The summed E-state index contributed by atoms with van der Waals surface area (Å²) in [5.74, 6) is 0. The Morgan fingerprint density at radius 2 is 1.05 bits per heavy atom. The van der Waals surface area contributed by atoms with Crippen molar-refractivity contribution >= 4 is 21.5 Å². The van der Waals surface area contributed by atoms with Crippen molar-refractivity contribution in [1.29, 1.82) is 0 Å². The molecule has 110 valence electrons. The molecule has 0 aliphatic heterocycles. The predicted octanol–water partition coefficient (Wildman–Crippen LogP) is -0.445. The Morgan fingerprint density at radius 3 is 1.38 bits per heavy atom. The van der Waals surface area contributed by atoms with Gasteiger partial charge in [-0.3, -0.25) is 0 Å². The molecule has 3 aromatic carbocycles. The molecular formula is C17H19Cl2NTi. The first-order valence-corrected chi connectivity index (χ1v) is 6.23. The molecule has 3 aromatic rings. The minimum absolute atomic E-state index is 0. The molecule has 0 fully saturated rings. The third-order valence-electron chi connectivity index (χ3n) is 2.52. The largest absolute Gasteiger partial charge is 4.00 e. The van der Waals surface area contributed by atoms with Crippen LogP contribution in [-0.2, 0) is 21.7 Å². The predicted molar refractivity (Wildman–Crippen MR) is 81.1 cm³/mol. The summed E-state index contributed by atoms with van der Waals surface area (Å²) in [5.41, 5.74) is 6.69. The van der Waals surface area contributed by atoms with Crippen molar-refractivity contribution in [3.8, 4) is 0 Å². The zero-order valence-corrected chi connectivity index (χ0v) is 15.5. The van der Waals surface area contributed by atoms with Crippen LogP contribution in [0.15, 0.2) is 54.6 Å². The monoisotopic (exact) mass is 355 g/mol. The molecule has 0 bridgehead atoms. The van der Waals surface area contributed by atoms with Gasteiger partial charge >= 0.3 is 21.7 Å². The molecule has 0 radical (unpaired) electrons. The van der Waals surface area contributed by atoms with E-state index >= 15 is 0 Å². The van der Waals surface area contributed by atoms with Gasteiger partial charge in [0.05, 0.1) is 0 Å². The normalized spacial score (nSPS) is 9.71. The van der Waals surface area contributed by atoms with Crippen LogP contribution < -0.4 is 24.8 Å². The summed E-state index contributed by atoms with van der Waals surface area (Å²) in [5, 5.41) is 5.39. The van der Waals surface area contributed by atoms with Gasteiger partial charge in [0.25, 0.3) is 0 Å². The van der Waals surface area contributed by atoms with Crippen LogP contribution in [0.3, 0.4) is 0 Å². The van der Waals surface area contributed by atoms with Gasteiger partial charge in [0.15, 0.2) is 0 Å². The number of hydrogen-bond donors (Lipinski definition) is 0. The number of rotatable bonds is 0. The van der Waals surface area contributed by atoms with E-state index in [1.54, 1.807) is 0 Å². The molecule has 0 spiro atoms. The van der Waals surface area contributed by atoms with Crippen LogP contribution in [0.25, 0.3) is 27.3 Å². The minimum Gasteiger partial charge on any atom is -1.00 e. The fraction of sp³-hybridized carbons (Fsp3) is 0.235. The van der Waals surface area contributed by atoms with Gasteiger partial charge in [0.2, 0.25) is 0 Å². The number of hydrogen-bond acceptors (Lipinski definition) is 0. The Hall–Kier alpha value is -0.436. The van der Waals surface area contributed by atoms with Gasteiger partial charge in [-0.1, -0.05) is 57.2 Å². The van der Waals surface area contributed by atoms with Crippen molar-refractivity contribution in [3.63, 3.8) is 0 Å². The number of benzene rings is 2. The van der Waals surface area contributed by atoms with Crippen molar-refractivity contribution < 1.29 is 46.5 Å². The molecule has 0 amide bonds. The Kier molecular flexibility index (Phi) is 10.4. The SMILES string of the molecule is CC(C)(C)[NH-].[Cl-].[Cl-].[Ti+4].c1ccc2c(c1)[cH-]c1ccccc12. The first-order chi connectivity index (χ1) is 8.45. The Bertz CT molecular complexity index is 600. The maximum absolute atomic E-state index is 6.94. The maximum atomic E-state index is 6.94. The molecule has 0 aliphatic rings. The molecule has 3 rings (SSSR count). The zero-order chi connectivity index (χ0) is 13.2. The fourth-order valence-electron chi connectivity index (χ4n) is 1.90. The minimum atomic E-state index is -0.250. The number of nitrogens with one attached hydrogen (secondary N) is 1. The van der Waals surface area contributed by atoms with E-state index in [1.165, 1.54) is 21.5 Å². The fourth-order valence-corrected chi connectivity index (χ4v) is 1.90. The molecule has 4 heteroatoms. The van der Waals surface area contributed by atoms with Crippen LogP contribution in [0.1, 0.15) is 20.8 Å². The smallest absolute Gasteiger partial charge is 1.00 e. The molecule has 1 nitrogen and oxygen atoms in total. The molecule has 0 saturated carbocycles. The van der Waals surface area contributed by atoms with Crippen LogP contribution in [0.4, 0.5) is 0 Å². The van der Waals surface area contributed by atoms with Crippen molar-refractivity contribution in [3.05, 3.63) is 60.3 Å². The quantitative estimate of drug-likeness (QED) is 0.385. The summed E-state index contributed by atoms with van der Waals surface area (Å²) in [6, 6.07) is 19.3. The van der Waals surface area contributed by atoms with Crippen molar-refractivity contribution in [2.75, 3.05) is 0 Å². The van der Waals surface area contributed by atoms with Crippen LogP contribution in [-0.4, -0.2) is 5.54 Å². The Balaban J connectivity index is 0. The van der Waals surface area contributed by atoms with E-state index in [0.717, 1.165) is 0 Å². The molecule has 0 heterocycles. The van der Waals surface area contributed by atoms with Crippen molar-refractivity contribution in [2.24, 2.45) is 0 Å². The van der Waals surface area contributed by atoms with E-state index < -0.39 is 0 Å². The average molecular weight is 356 g/mol. The summed E-state index contributed by atoms with van der Waals surface area (Å²) in [6.45, 7) is 5.56. The van der Waals surface area contributed by atoms with Gasteiger partial charge < -0.3 is 30.5 Å². The second kappa shape index (κ2) is 9.55. The van der Waals surface area contributed by atoms with E-state index in [2.05, 4.69) is 54.6 Å². The van der Waals surface area contributed by atoms with Gasteiger partial charge in [-0.2, -0.15) is 0 Å². The van der Waals surface area contributed by atoms with E-state index in [0.29, 0.717) is 0 Å². The average Bonchev–Trinajstić information content (AvgIpc) is 2.65. The van der Waals surface area contributed by atoms with Crippen molar-refractivity contribution in [1.82, 2.24) is 0 Å². The number of halogens is 2. The summed E-state index contributed by atoms with van der Waals surface area (Å²) in [7, 11) is 0. The second-order valence-electron chi connectivity index (χ2n) is 5.57. The van der Waals surface area contributed by atoms with E-state index in [9.17, 15) is 0 Å². The van der Waals surface area contributed by atoms with Gasteiger partial charge in [-0.05, 0) is 0 Å². The number of fused-ring (bicyclic) bond motifs is 3. The third kappa shape index (κ3) is 6.91. The molecule has 0 unspecified atom stereocenters. The summed E-state index contributed by atoms with van der Waals surface area (Å²) < 4.78 is 0. The standard InChI is InChI=1S/C13H9.C4H10N.2ClH.Ti/c1-3-7-12-10(5-1)9-11-6-2-4-8-13(11)12;1-4(2,3)5;;;/h1-9H;5H,1-3H3;2*1H;/q2*-1;;;+4/p-2. The topological polar surface area (TPSA) is 23.8 Å². The van der Waals surface area contributed by atoms with Gasteiger partial charge in [0, 0.05) is 0 Å². The summed E-state index contributed by atoms with van der Waals surface area (Å²) >= 11 is 0. The molecule has 1 N–H and O–H groups in total. The molecule has 21 heavy (non-hydrogen) atoms. The van der Waals surface area contributed by atoms with E-state index in [-0.39, 0.29) is 52.1 Å².